The number of hydrogen-bond acceptors (Lipinski definition) is 50. The van der Waals surface area contributed by atoms with Gasteiger partial charge in [-0.2, -0.15) is 0 Å². The van der Waals surface area contributed by atoms with Crippen molar-refractivity contribution in [2.75, 3.05) is 108 Å². The molecular formula is C78H116O50. The number of rotatable bonds is 50. The normalized spacial score (nSPS) is 11.3. The summed E-state index contributed by atoms with van der Waals surface area (Å²) in [7, 11) is 4.67. The Hall–Kier alpha value is -13.9. The van der Waals surface area contributed by atoms with Crippen LogP contribution in [0.5, 0.6) is 0 Å². The van der Waals surface area contributed by atoms with Gasteiger partial charge in [-0.3, -0.25) is 28.8 Å². The number of methoxy groups -OCH3 is 4. The van der Waals surface area contributed by atoms with E-state index in [-0.39, 0.29) is 19.6 Å². The van der Waals surface area contributed by atoms with Crippen molar-refractivity contribution >= 4 is 156 Å². The van der Waals surface area contributed by atoms with E-state index in [1.54, 1.807) is 0 Å². The Morgan fingerprint density at radius 1 is 0.250 bits per heavy atom. The first kappa shape index (κ1) is 130. The average molecular weight is 1850 g/mol. The summed E-state index contributed by atoms with van der Waals surface area (Å²) in [5.74, 6) is -18.5. The lowest BCUT2D eigenvalue weighted by molar-refractivity contribution is -0.172. The van der Waals surface area contributed by atoms with Crippen LogP contribution in [-0.4, -0.2) is 312 Å². The molecule has 0 N–H and O–H groups in total. The molecule has 0 bridgehead atoms. The van der Waals surface area contributed by atoms with E-state index >= 15 is 0 Å². The van der Waals surface area contributed by atoms with Gasteiger partial charge in [0.2, 0.25) is 11.6 Å². The van der Waals surface area contributed by atoms with Crippen molar-refractivity contribution in [1.82, 2.24) is 0 Å². The molecule has 0 rings (SSSR count). The van der Waals surface area contributed by atoms with Gasteiger partial charge in [-0.15, -0.1) is 0 Å². The highest BCUT2D eigenvalue weighted by molar-refractivity contribution is 6.33. The van der Waals surface area contributed by atoms with Crippen LogP contribution in [0, 0.1) is 0 Å². The molecule has 0 heterocycles. The standard InChI is InChI=1S/C12H18O7.C12H18O6.C11H18O6.C10H16O6.C9H12O7.C9H12O6.C8H12O6.C7H10O6/c1-4-5-6-17-12(16)9(3)19-10(14)7-18-11(15)8(2)13;1-4-6-7-16-12(15)9(3)18-11(14)8-17-10(13)5-2;1-4-5-6-15-11(14)8(2)17-10(13)7-16-9(3)12;1-3-4-5-15-10(13)8(2)16-9(12)6-14-7-11;1-5(10)8(12)15-4-7(11)16-6(2)9(13)14-3;1-4-7(10)14-5-8(11)15-6(2)9(12)13-3;1-5(8(11)12-3)14-7(10)4-13-6(2)9;1-5(7(10)11-2)13-6(9)3-12-4-8/h9H,4-7H2,1-3H3;5,9H,2,4,6-8H2,1,3H3;8H,4-7H2,1-3H3;7-8H,3-6H2,1-2H3;6H,4H2,1-3H3;4,6H,1,5H2,2-3H3;5H,4H2,1-3H3;4-5H,3H2,1-2H3. The zero-order valence-electron chi connectivity index (χ0n) is 74.9. The van der Waals surface area contributed by atoms with E-state index in [1.165, 1.54) is 83.6 Å². The molecular weight excluding hydrogens is 1740 g/mol. The number of ketones is 2. The van der Waals surface area contributed by atoms with Crippen LogP contribution in [0.1, 0.15) is 162 Å². The molecule has 0 aliphatic carbocycles. The summed E-state index contributed by atoms with van der Waals surface area (Å²) < 4.78 is 108. The number of Topliss-reactive ketones (excluding diaryl/α,β-unsaturated/α-hetero) is 2. The van der Waals surface area contributed by atoms with Crippen LogP contribution in [0.4, 0.5) is 0 Å². The number of unbranched alkanes of at least 4 members (excludes halogenated alkanes) is 4. The lowest BCUT2D eigenvalue weighted by Crippen LogP contribution is -2.29. The maximum absolute atomic E-state index is 11.3. The summed E-state index contributed by atoms with van der Waals surface area (Å²) in [5.41, 5.74) is 0. The molecule has 0 aromatic carbocycles. The van der Waals surface area contributed by atoms with Gasteiger partial charge in [0.1, 0.15) is 0 Å². The van der Waals surface area contributed by atoms with E-state index in [0.29, 0.717) is 19.8 Å². The van der Waals surface area contributed by atoms with E-state index < -0.39 is 245 Å². The molecule has 0 saturated carbocycles. The first-order valence-corrected chi connectivity index (χ1v) is 37.8. The van der Waals surface area contributed by atoms with Crippen molar-refractivity contribution in [3.8, 4) is 0 Å². The fourth-order valence-corrected chi connectivity index (χ4v) is 5.99. The summed E-state index contributed by atoms with van der Waals surface area (Å²) in [6.45, 7) is 26.2. The number of ether oxygens (including phenoxy) is 24. The predicted octanol–water partition coefficient (Wildman–Crippen LogP) is 0.605. The molecule has 0 aliphatic heterocycles. The van der Waals surface area contributed by atoms with Gasteiger partial charge in [-0.25, -0.2) is 95.9 Å². The van der Waals surface area contributed by atoms with Gasteiger partial charge in [0.15, 0.2) is 102 Å². The minimum atomic E-state index is -1.14. The lowest BCUT2D eigenvalue weighted by Gasteiger charge is -2.12. The topological polar surface area (TPSA) is 665 Å². The molecule has 8 unspecified atom stereocenters. The predicted molar refractivity (Wildman–Crippen MR) is 419 cm³/mol. The third-order valence-corrected chi connectivity index (χ3v) is 12.4. The second-order valence-electron chi connectivity index (χ2n) is 23.5. The monoisotopic (exact) mass is 1850 g/mol. The first-order valence-electron chi connectivity index (χ1n) is 37.8. The molecule has 0 radical (unpaired) electrons. The Morgan fingerprint density at radius 3 is 0.578 bits per heavy atom. The third-order valence-electron chi connectivity index (χ3n) is 12.4. The fraction of sp³-hybridized carbons (Fsp3) is 0.615. The molecule has 8 atom stereocenters. The summed E-state index contributed by atoms with van der Waals surface area (Å²) in [5, 5.41) is 0. The maximum Gasteiger partial charge on any atom is 0.374 e. The minimum absolute atomic E-state index is 0.115. The Bertz CT molecular complexity index is 3520. The minimum Gasteiger partial charge on any atom is -0.466 e. The molecule has 0 fully saturated rings. The SMILES string of the molecule is C=CC(=O)OCC(=O)OC(C)C(=O)OC.C=CC(=O)OCC(=O)OC(C)C(=O)OCCCC.CCCCOC(=O)C(C)OC(=O)COC(=O)C(C)=O.CCCCOC(=O)C(C)OC(=O)COC(C)=O.CCCCOC(=O)C(C)OC(=O)COC=O.COC(=O)C(C)OC(=O)COC(=O)C(C)=O.COC(=O)C(C)OC(=O)COC(C)=O.COC(=O)C(C)OC(=O)COC=O. The summed E-state index contributed by atoms with van der Waals surface area (Å²) in [6, 6.07) is 0. The zero-order valence-corrected chi connectivity index (χ0v) is 74.9. The Balaban J connectivity index is -0.000000215. The van der Waals surface area contributed by atoms with Crippen molar-refractivity contribution in [2.45, 2.75) is 211 Å². The Morgan fingerprint density at radius 2 is 0.422 bits per heavy atom. The van der Waals surface area contributed by atoms with Crippen molar-refractivity contribution in [1.29, 1.82) is 0 Å². The number of carbonyl (C=O) groups excluding carboxylic acids is 26. The molecule has 128 heavy (non-hydrogen) atoms. The number of esters is 22. The molecule has 0 aromatic rings. The molecule has 0 aromatic heterocycles. The smallest absolute Gasteiger partial charge is 0.374 e. The van der Waals surface area contributed by atoms with Crippen molar-refractivity contribution in [3.05, 3.63) is 25.3 Å². The van der Waals surface area contributed by atoms with Gasteiger partial charge in [-0.1, -0.05) is 66.5 Å². The number of carbonyl (C=O) groups is 26. The molecule has 50 nitrogen and oxygen atoms in total. The third kappa shape index (κ3) is 84.3. The van der Waals surface area contributed by atoms with E-state index in [1.807, 2.05) is 27.7 Å². The average Bonchev–Trinajstić information content (AvgIpc) is 0.935. The number of hydrogen-bond donors (Lipinski definition) is 0. The zero-order chi connectivity index (χ0) is 100. The molecule has 0 spiro atoms. The molecule has 0 saturated heterocycles. The van der Waals surface area contributed by atoms with Gasteiger partial charge >= 0.3 is 131 Å². The van der Waals surface area contributed by atoms with Crippen molar-refractivity contribution in [2.24, 2.45) is 0 Å². The second kappa shape index (κ2) is 84.0. The molecule has 728 valence electrons. The quantitative estimate of drug-likeness (QED) is 0.0201. The molecule has 0 aliphatic rings. The van der Waals surface area contributed by atoms with Crippen molar-refractivity contribution < 1.29 is 238 Å². The van der Waals surface area contributed by atoms with Gasteiger partial charge in [-0.05, 0) is 81.1 Å². The fourth-order valence-electron chi connectivity index (χ4n) is 5.99. The Labute approximate surface area is 735 Å². The van der Waals surface area contributed by atoms with Crippen LogP contribution in [-0.2, 0) is 238 Å². The van der Waals surface area contributed by atoms with Crippen LogP contribution in [0.3, 0.4) is 0 Å². The van der Waals surface area contributed by atoms with Crippen LogP contribution >= 0.6 is 0 Å². The highest BCUT2D eigenvalue weighted by Gasteiger charge is 2.27. The highest BCUT2D eigenvalue weighted by atomic mass is 16.7. The van der Waals surface area contributed by atoms with E-state index in [2.05, 4.69) is 98.4 Å². The summed E-state index contributed by atoms with van der Waals surface area (Å²) in [6.07, 6.45) is 0.268. The summed E-state index contributed by atoms with van der Waals surface area (Å²) in [4.78, 5) is 280. The molecule has 0 amide bonds. The van der Waals surface area contributed by atoms with Gasteiger partial charge in [0.25, 0.3) is 12.9 Å². The Kier molecular flexibility index (Phi) is 85.1. The highest BCUT2D eigenvalue weighted by Crippen LogP contribution is 2.05. The second-order valence-corrected chi connectivity index (χ2v) is 23.5. The summed E-state index contributed by atoms with van der Waals surface area (Å²) >= 11 is 0. The first-order chi connectivity index (χ1) is 59.9. The molecule has 50 heteroatoms. The van der Waals surface area contributed by atoms with Gasteiger partial charge in [0.05, 0.1) is 54.9 Å². The van der Waals surface area contributed by atoms with Crippen LogP contribution in [0.15, 0.2) is 25.3 Å². The largest absolute Gasteiger partial charge is 0.466 e. The van der Waals surface area contributed by atoms with Gasteiger partial charge in [0, 0.05) is 39.8 Å². The maximum atomic E-state index is 11.3. The lowest BCUT2D eigenvalue weighted by atomic mass is 10.3. The van der Waals surface area contributed by atoms with E-state index in [4.69, 9.17) is 28.4 Å². The van der Waals surface area contributed by atoms with Crippen LogP contribution in [0.2, 0.25) is 0 Å². The van der Waals surface area contributed by atoms with E-state index in [0.717, 1.165) is 91.4 Å². The van der Waals surface area contributed by atoms with Crippen LogP contribution < -0.4 is 0 Å². The van der Waals surface area contributed by atoms with Crippen LogP contribution in [0.25, 0.3) is 0 Å². The van der Waals surface area contributed by atoms with Gasteiger partial charge < -0.3 is 114 Å². The van der Waals surface area contributed by atoms with E-state index in [9.17, 15) is 125 Å². The van der Waals surface area contributed by atoms with Crippen molar-refractivity contribution in [3.63, 3.8) is 0 Å².